The minimum Gasteiger partial charge on any atom is -0.493 e. The predicted molar refractivity (Wildman–Crippen MR) is 127 cm³/mol. The van der Waals surface area contributed by atoms with Crippen molar-refractivity contribution in [2.45, 2.75) is 6.42 Å². The van der Waals surface area contributed by atoms with Crippen LogP contribution in [0.15, 0.2) is 60.1 Å². The summed E-state index contributed by atoms with van der Waals surface area (Å²) < 4.78 is 31.1. The molecular weight excluding hydrogens is 461 g/mol. The van der Waals surface area contributed by atoms with E-state index in [9.17, 15) is 14.0 Å². The van der Waals surface area contributed by atoms with E-state index in [0.717, 1.165) is 10.9 Å². The Morgan fingerprint density at radius 2 is 1.82 bits per heavy atom. The molecule has 2 heterocycles. The summed E-state index contributed by atoms with van der Waals surface area (Å²) in [5, 5.41) is 6.99. The van der Waals surface area contributed by atoms with Gasteiger partial charge in [-0.2, -0.15) is 0 Å². The minimum absolute atomic E-state index is 0.0664. The van der Waals surface area contributed by atoms with Crippen molar-refractivity contribution in [1.82, 2.24) is 10.3 Å². The third-order valence-corrected chi connectivity index (χ3v) is 5.67. The molecule has 2 N–H and O–H groups in total. The molecule has 3 amide bonds. The maximum Gasteiger partial charge on any atom is 0.325 e. The highest BCUT2D eigenvalue weighted by molar-refractivity contribution is 7.10. The van der Waals surface area contributed by atoms with Crippen LogP contribution in [-0.2, 0) is 11.2 Å². The first-order valence-corrected chi connectivity index (χ1v) is 11.0. The highest BCUT2D eigenvalue weighted by atomic mass is 32.1. The third-order valence-electron chi connectivity index (χ3n) is 4.79. The predicted octanol–water partition coefficient (Wildman–Crippen LogP) is 5.14. The molecule has 0 aliphatic carbocycles. The number of carbonyl (C=O) groups is 2. The van der Waals surface area contributed by atoms with Crippen molar-refractivity contribution in [3.63, 3.8) is 0 Å². The number of nitrogens with zero attached hydrogens (tertiary/aromatic N) is 1. The van der Waals surface area contributed by atoms with Crippen molar-refractivity contribution >= 4 is 39.9 Å². The molecule has 0 atom stereocenters. The first-order valence-electron chi connectivity index (χ1n) is 10.1. The zero-order valence-corrected chi connectivity index (χ0v) is 19.1. The van der Waals surface area contributed by atoms with E-state index >= 15 is 0 Å². The molecule has 8 nitrogen and oxygen atoms in total. The highest BCUT2D eigenvalue weighted by Gasteiger charge is 2.14. The molecule has 174 valence electrons. The normalized spacial score (nSPS) is 10.6. The summed E-state index contributed by atoms with van der Waals surface area (Å²) in [6, 6.07) is 11.8. The molecule has 0 aliphatic rings. The van der Waals surface area contributed by atoms with Crippen molar-refractivity contribution in [2.24, 2.45) is 0 Å². The fourth-order valence-electron chi connectivity index (χ4n) is 3.22. The number of rotatable bonds is 7. The quantitative estimate of drug-likeness (QED) is 0.379. The zero-order chi connectivity index (χ0) is 24.1. The van der Waals surface area contributed by atoms with Crippen molar-refractivity contribution < 1.29 is 28.2 Å². The number of thiophene rings is 1. The van der Waals surface area contributed by atoms with Crippen molar-refractivity contribution in [1.29, 1.82) is 0 Å². The number of anilines is 1. The Hall–Kier alpha value is -4.18. The van der Waals surface area contributed by atoms with Crippen LogP contribution in [0.4, 0.5) is 14.9 Å². The number of methoxy groups -OCH3 is 2. The molecule has 0 unspecified atom stereocenters. The van der Waals surface area contributed by atoms with Crippen LogP contribution in [-0.4, -0.2) is 31.1 Å². The van der Waals surface area contributed by atoms with E-state index in [0.29, 0.717) is 28.2 Å². The van der Waals surface area contributed by atoms with Gasteiger partial charge in [-0.15, -0.1) is 11.3 Å². The zero-order valence-electron chi connectivity index (χ0n) is 18.3. The number of pyridine rings is 1. The van der Waals surface area contributed by atoms with E-state index in [4.69, 9.17) is 14.2 Å². The van der Waals surface area contributed by atoms with Gasteiger partial charge in [0, 0.05) is 28.6 Å². The average molecular weight is 482 g/mol. The maximum atomic E-state index is 14.6. The topological polar surface area (TPSA) is 98.8 Å². The Kier molecular flexibility index (Phi) is 6.88. The van der Waals surface area contributed by atoms with Gasteiger partial charge in [0.1, 0.15) is 17.3 Å². The van der Waals surface area contributed by atoms with Crippen LogP contribution in [0.25, 0.3) is 10.9 Å². The number of benzene rings is 2. The molecule has 0 aliphatic heterocycles. The number of halogens is 1. The van der Waals surface area contributed by atoms with Crippen LogP contribution in [0.3, 0.4) is 0 Å². The lowest BCUT2D eigenvalue weighted by molar-refractivity contribution is -0.119. The second-order valence-corrected chi connectivity index (χ2v) is 8.07. The highest BCUT2D eigenvalue weighted by Crippen LogP contribution is 2.37. The largest absolute Gasteiger partial charge is 0.493 e. The summed E-state index contributed by atoms with van der Waals surface area (Å²) >= 11 is 1.41. The van der Waals surface area contributed by atoms with Crippen molar-refractivity contribution in [3.8, 4) is 23.0 Å². The third kappa shape index (κ3) is 5.24. The molecular formula is C24H20FN3O5S. The number of carbonyl (C=O) groups excluding carboxylic acids is 2. The summed E-state index contributed by atoms with van der Waals surface area (Å²) in [5.74, 6) is 0.446. The van der Waals surface area contributed by atoms with E-state index in [1.54, 1.807) is 30.5 Å². The van der Waals surface area contributed by atoms with E-state index in [-0.39, 0.29) is 17.9 Å². The second-order valence-electron chi connectivity index (χ2n) is 7.04. The first-order chi connectivity index (χ1) is 16.5. The summed E-state index contributed by atoms with van der Waals surface area (Å²) in [6.07, 6.45) is 1.63. The molecule has 4 aromatic rings. The lowest BCUT2D eigenvalue weighted by Crippen LogP contribution is -2.35. The number of nitrogens with one attached hydrogen (secondary N) is 2. The summed E-state index contributed by atoms with van der Waals surface area (Å²) in [4.78, 5) is 29.1. The maximum absolute atomic E-state index is 14.6. The smallest absolute Gasteiger partial charge is 0.325 e. The van der Waals surface area contributed by atoms with E-state index in [2.05, 4.69) is 15.6 Å². The van der Waals surface area contributed by atoms with Gasteiger partial charge in [0.05, 0.1) is 31.8 Å². The van der Waals surface area contributed by atoms with Gasteiger partial charge in [-0.3, -0.25) is 15.1 Å². The summed E-state index contributed by atoms with van der Waals surface area (Å²) in [6.45, 7) is 0. The SMILES string of the molecule is COc1cc2nccc(Oc3ccc(NC(=O)NC(=O)Cc4cccs4)c(F)c3)c2cc1OC. The van der Waals surface area contributed by atoms with Gasteiger partial charge in [-0.1, -0.05) is 6.07 Å². The van der Waals surface area contributed by atoms with Crippen molar-refractivity contribution in [3.05, 3.63) is 70.8 Å². The molecule has 0 radical (unpaired) electrons. The molecule has 34 heavy (non-hydrogen) atoms. The number of imide groups is 1. The van der Waals surface area contributed by atoms with Gasteiger partial charge in [0.25, 0.3) is 0 Å². The molecule has 10 heteroatoms. The monoisotopic (exact) mass is 481 g/mol. The Labute approximate surface area is 198 Å². The van der Waals surface area contributed by atoms with Crippen LogP contribution in [0.2, 0.25) is 0 Å². The van der Waals surface area contributed by atoms with Crippen LogP contribution in [0, 0.1) is 5.82 Å². The van der Waals surface area contributed by atoms with Crippen LogP contribution in [0.1, 0.15) is 4.88 Å². The first kappa shape index (κ1) is 23.0. The number of hydrogen-bond acceptors (Lipinski definition) is 7. The fraction of sp³-hybridized carbons (Fsp3) is 0.125. The van der Waals surface area contributed by atoms with Gasteiger partial charge in [-0.05, 0) is 35.7 Å². The number of amides is 3. The Bertz CT molecular complexity index is 1340. The molecule has 0 fully saturated rings. The number of ether oxygens (including phenoxy) is 3. The number of aromatic nitrogens is 1. The van der Waals surface area contributed by atoms with Gasteiger partial charge in [0.15, 0.2) is 11.5 Å². The van der Waals surface area contributed by atoms with Gasteiger partial charge in [-0.25, -0.2) is 9.18 Å². The molecule has 2 aromatic heterocycles. The molecule has 0 saturated carbocycles. The second kappa shape index (κ2) is 10.2. The number of urea groups is 1. The minimum atomic E-state index is -0.824. The van der Waals surface area contributed by atoms with E-state index < -0.39 is 17.8 Å². The van der Waals surface area contributed by atoms with Gasteiger partial charge < -0.3 is 19.5 Å². The molecule has 0 bridgehead atoms. The molecule has 0 spiro atoms. The van der Waals surface area contributed by atoms with Gasteiger partial charge >= 0.3 is 6.03 Å². The van der Waals surface area contributed by atoms with Crippen molar-refractivity contribution in [2.75, 3.05) is 19.5 Å². The van der Waals surface area contributed by atoms with Gasteiger partial charge in [0.2, 0.25) is 5.91 Å². The van der Waals surface area contributed by atoms with Crippen LogP contribution < -0.4 is 24.8 Å². The molecule has 0 saturated heterocycles. The Balaban J connectivity index is 1.46. The summed E-state index contributed by atoms with van der Waals surface area (Å²) in [7, 11) is 3.05. The Morgan fingerprint density at radius 3 is 2.53 bits per heavy atom. The van der Waals surface area contributed by atoms with Crippen LogP contribution in [0.5, 0.6) is 23.0 Å². The lowest BCUT2D eigenvalue weighted by Gasteiger charge is -2.13. The van der Waals surface area contributed by atoms with E-state index in [1.807, 2.05) is 11.4 Å². The molecule has 2 aromatic carbocycles. The fourth-order valence-corrected chi connectivity index (χ4v) is 3.92. The standard InChI is InChI=1S/C24H20FN3O5S/c1-31-21-12-16-19(13-22(21)32-2)26-8-7-20(16)33-14-5-6-18(17(25)10-14)27-24(30)28-23(29)11-15-4-3-9-34-15/h3-10,12-13H,11H2,1-2H3,(H2,27,28,29,30). The summed E-state index contributed by atoms with van der Waals surface area (Å²) in [5.41, 5.74) is 0.512. The Morgan fingerprint density at radius 1 is 1.03 bits per heavy atom. The molecule has 4 rings (SSSR count). The number of fused-ring (bicyclic) bond motifs is 1. The van der Waals surface area contributed by atoms with E-state index in [1.165, 1.54) is 37.7 Å². The van der Waals surface area contributed by atoms with Crippen LogP contribution >= 0.6 is 11.3 Å². The average Bonchev–Trinajstić information content (AvgIpc) is 3.33. The lowest BCUT2D eigenvalue weighted by atomic mass is 10.2. The number of hydrogen-bond donors (Lipinski definition) is 2.